The zero-order valence-electron chi connectivity index (χ0n) is 10.7. The second-order valence-electron chi connectivity index (χ2n) is 4.17. The van der Waals surface area contributed by atoms with Crippen molar-refractivity contribution in [1.29, 1.82) is 0 Å². The first-order valence-electron chi connectivity index (χ1n) is 6.02. The van der Waals surface area contributed by atoms with Gasteiger partial charge in [0.05, 0.1) is 17.6 Å². The van der Waals surface area contributed by atoms with Crippen LogP contribution in [0.1, 0.15) is 18.1 Å². The molecule has 0 saturated heterocycles. The summed E-state index contributed by atoms with van der Waals surface area (Å²) in [5.41, 5.74) is 0.744. The van der Waals surface area contributed by atoms with Gasteiger partial charge < -0.3 is 10.4 Å². The number of aliphatic hydroxyl groups excluding tert-OH is 1. The van der Waals surface area contributed by atoms with Crippen LogP contribution in [-0.4, -0.2) is 35.2 Å². The van der Waals surface area contributed by atoms with Crippen molar-refractivity contribution in [2.24, 2.45) is 0 Å². The zero-order valence-corrected chi connectivity index (χ0v) is 11.5. The molecule has 0 aliphatic heterocycles. The first-order valence-corrected chi connectivity index (χ1v) is 7.18. The van der Waals surface area contributed by atoms with Gasteiger partial charge in [-0.1, -0.05) is 30.3 Å². The second-order valence-corrected chi connectivity index (χ2v) is 5.16. The smallest absolute Gasteiger partial charge is 0.388 e. The van der Waals surface area contributed by atoms with Gasteiger partial charge in [0.2, 0.25) is 5.91 Å². The van der Waals surface area contributed by atoms with Crippen molar-refractivity contribution in [1.82, 2.24) is 5.32 Å². The Labute approximate surface area is 119 Å². The average molecular weight is 307 g/mol. The Bertz CT molecular complexity index is 412. The standard InChI is InChI=1S/C13H16F3NO2S/c14-13(15,16)9-20-8-12(19)17-7-6-11(18)10-4-2-1-3-5-10/h1-5,11,18H,6-9H2,(H,17,19). The summed E-state index contributed by atoms with van der Waals surface area (Å²) in [5, 5.41) is 12.3. The number of hydrogen-bond acceptors (Lipinski definition) is 3. The molecular formula is C13H16F3NO2S. The highest BCUT2D eigenvalue weighted by Crippen LogP contribution is 2.20. The molecule has 1 aromatic carbocycles. The molecule has 1 amide bonds. The molecule has 0 aromatic heterocycles. The van der Waals surface area contributed by atoms with Crippen LogP contribution in [-0.2, 0) is 4.79 Å². The highest BCUT2D eigenvalue weighted by molar-refractivity contribution is 8.00. The summed E-state index contributed by atoms with van der Waals surface area (Å²) < 4.78 is 35.6. The van der Waals surface area contributed by atoms with Crippen LogP contribution in [0.15, 0.2) is 30.3 Å². The number of carbonyl (C=O) groups is 1. The molecular weight excluding hydrogens is 291 g/mol. The number of benzene rings is 1. The van der Waals surface area contributed by atoms with E-state index < -0.39 is 23.9 Å². The first kappa shape index (κ1) is 16.8. The molecule has 1 rings (SSSR count). The molecule has 3 nitrogen and oxygen atoms in total. The molecule has 0 radical (unpaired) electrons. The van der Waals surface area contributed by atoms with Gasteiger partial charge in [0, 0.05) is 6.54 Å². The third-order valence-corrected chi connectivity index (χ3v) is 3.42. The molecule has 0 saturated carbocycles. The number of thioether (sulfide) groups is 1. The SMILES string of the molecule is O=C(CSCC(F)(F)F)NCCC(O)c1ccccc1. The van der Waals surface area contributed by atoms with Gasteiger partial charge in [0.15, 0.2) is 0 Å². The highest BCUT2D eigenvalue weighted by atomic mass is 32.2. The van der Waals surface area contributed by atoms with E-state index in [9.17, 15) is 23.1 Å². The Morgan fingerprint density at radius 3 is 2.55 bits per heavy atom. The summed E-state index contributed by atoms with van der Waals surface area (Å²) in [6, 6.07) is 8.96. The van der Waals surface area contributed by atoms with Crippen molar-refractivity contribution >= 4 is 17.7 Å². The summed E-state index contributed by atoms with van der Waals surface area (Å²) >= 11 is 0.524. The summed E-state index contributed by atoms with van der Waals surface area (Å²) in [5.74, 6) is -1.73. The number of carbonyl (C=O) groups excluding carboxylic acids is 1. The minimum atomic E-state index is -4.26. The maximum absolute atomic E-state index is 11.9. The summed E-state index contributed by atoms with van der Waals surface area (Å²) in [6.07, 6.45) is -4.63. The van der Waals surface area contributed by atoms with Crippen molar-refractivity contribution in [3.05, 3.63) is 35.9 Å². The normalized spacial score (nSPS) is 13.0. The van der Waals surface area contributed by atoms with Crippen molar-refractivity contribution in [2.45, 2.75) is 18.7 Å². The van der Waals surface area contributed by atoms with E-state index in [1.54, 1.807) is 24.3 Å². The fraction of sp³-hybridized carbons (Fsp3) is 0.462. The second kappa shape index (κ2) is 8.16. The van der Waals surface area contributed by atoms with Gasteiger partial charge in [0.1, 0.15) is 0 Å². The van der Waals surface area contributed by atoms with Gasteiger partial charge in [-0.3, -0.25) is 4.79 Å². The number of rotatable bonds is 7. The molecule has 0 fully saturated rings. The quantitative estimate of drug-likeness (QED) is 0.814. The van der Waals surface area contributed by atoms with Gasteiger partial charge in [-0.2, -0.15) is 13.2 Å². The molecule has 0 spiro atoms. The van der Waals surface area contributed by atoms with Gasteiger partial charge in [-0.05, 0) is 12.0 Å². The monoisotopic (exact) mass is 307 g/mol. The fourth-order valence-corrected chi connectivity index (χ4v) is 2.12. The molecule has 1 aromatic rings. The molecule has 0 aliphatic rings. The van der Waals surface area contributed by atoms with E-state index in [4.69, 9.17) is 0 Å². The Morgan fingerprint density at radius 1 is 1.30 bits per heavy atom. The molecule has 0 aliphatic carbocycles. The van der Waals surface area contributed by atoms with Crippen LogP contribution in [0.4, 0.5) is 13.2 Å². The third kappa shape index (κ3) is 7.40. The molecule has 20 heavy (non-hydrogen) atoms. The lowest BCUT2D eigenvalue weighted by Gasteiger charge is -2.11. The number of nitrogens with one attached hydrogen (secondary N) is 1. The Morgan fingerprint density at radius 2 is 1.95 bits per heavy atom. The van der Waals surface area contributed by atoms with Crippen LogP contribution in [0.3, 0.4) is 0 Å². The number of alkyl halides is 3. The molecule has 0 heterocycles. The molecule has 0 bridgehead atoms. The predicted octanol–water partition coefficient (Wildman–Crippen LogP) is 2.52. The minimum absolute atomic E-state index is 0.224. The van der Waals surface area contributed by atoms with Gasteiger partial charge in [-0.15, -0.1) is 11.8 Å². The molecule has 1 atom stereocenters. The first-order chi connectivity index (χ1) is 9.38. The lowest BCUT2D eigenvalue weighted by Crippen LogP contribution is -2.28. The Kier molecular flexibility index (Phi) is 6.87. The van der Waals surface area contributed by atoms with Crippen molar-refractivity contribution in [2.75, 3.05) is 18.1 Å². The van der Waals surface area contributed by atoms with Crippen LogP contribution in [0.5, 0.6) is 0 Å². The zero-order chi connectivity index (χ0) is 15.0. The van der Waals surface area contributed by atoms with E-state index in [1.807, 2.05) is 6.07 Å². The minimum Gasteiger partial charge on any atom is -0.388 e. The summed E-state index contributed by atoms with van der Waals surface area (Å²) in [7, 11) is 0. The largest absolute Gasteiger partial charge is 0.397 e. The van der Waals surface area contributed by atoms with Crippen LogP contribution < -0.4 is 5.32 Å². The van der Waals surface area contributed by atoms with E-state index in [-0.39, 0.29) is 12.3 Å². The lowest BCUT2D eigenvalue weighted by atomic mass is 10.1. The maximum Gasteiger partial charge on any atom is 0.397 e. The average Bonchev–Trinajstić information content (AvgIpc) is 2.38. The van der Waals surface area contributed by atoms with Crippen LogP contribution >= 0.6 is 11.8 Å². The van der Waals surface area contributed by atoms with E-state index in [1.165, 1.54) is 0 Å². The maximum atomic E-state index is 11.9. The van der Waals surface area contributed by atoms with E-state index in [0.717, 1.165) is 5.56 Å². The van der Waals surface area contributed by atoms with Crippen LogP contribution in [0, 0.1) is 0 Å². The number of amides is 1. The highest BCUT2D eigenvalue weighted by Gasteiger charge is 2.27. The van der Waals surface area contributed by atoms with Crippen LogP contribution in [0.2, 0.25) is 0 Å². The van der Waals surface area contributed by atoms with Gasteiger partial charge in [0.25, 0.3) is 0 Å². The van der Waals surface area contributed by atoms with Crippen molar-refractivity contribution < 1.29 is 23.1 Å². The predicted molar refractivity (Wildman–Crippen MR) is 72.4 cm³/mol. The van der Waals surface area contributed by atoms with E-state index >= 15 is 0 Å². The van der Waals surface area contributed by atoms with E-state index in [2.05, 4.69) is 5.32 Å². The summed E-state index contributed by atoms with van der Waals surface area (Å²) in [6.45, 7) is 0.224. The van der Waals surface area contributed by atoms with Gasteiger partial charge >= 0.3 is 6.18 Å². The van der Waals surface area contributed by atoms with Gasteiger partial charge in [-0.25, -0.2) is 0 Å². The van der Waals surface area contributed by atoms with Crippen molar-refractivity contribution in [3.8, 4) is 0 Å². The number of hydrogen-bond donors (Lipinski definition) is 2. The molecule has 2 N–H and O–H groups in total. The Hall–Kier alpha value is -1.21. The molecule has 7 heteroatoms. The molecule has 1 unspecified atom stereocenters. The molecule has 112 valence electrons. The van der Waals surface area contributed by atoms with Crippen molar-refractivity contribution in [3.63, 3.8) is 0 Å². The topological polar surface area (TPSA) is 49.3 Å². The summed E-state index contributed by atoms with van der Waals surface area (Å²) in [4.78, 5) is 11.3. The Balaban J connectivity index is 2.16. The number of aliphatic hydroxyl groups is 1. The number of halogens is 3. The third-order valence-electron chi connectivity index (χ3n) is 2.42. The van der Waals surface area contributed by atoms with E-state index in [0.29, 0.717) is 18.2 Å². The van der Waals surface area contributed by atoms with Crippen LogP contribution in [0.25, 0.3) is 0 Å². The lowest BCUT2D eigenvalue weighted by molar-refractivity contribution is -0.118. The fourth-order valence-electron chi connectivity index (χ4n) is 1.50.